The van der Waals surface area contributed by atoms with Gasteiger partial charge in [-0.1, -0.05) is 41.4 Å². The van der Waals surface area contributed by atoms with Gasteiger partial charge in [-0.3, -0.25) is 5.10 Å². The number of rotatable bonds is 6. The monoisotopic (exact) mass is 446 g/mol. The predicted molar refractivity (Wildman–Crippen MR) is 107 cm³/mol. The van der Waals surface area contributed by atoms with Crippen LogP contribution in [0.5, 0.6) is 0 Å². The van der Waals surface area contributed by atoms with Crippen molar-refractivity contribution < 1.29 is 9.53 Å². The van der Waals surface area contributed by atoms with E-state index >= 15 is 0 Å². The third kappa shape index (κ3) is 3.82. The quantitative estimate of drug-likeness (QED) is 0.541. The molecule has 1 N–H and O–H groups in total. The maximum absolute atomic E-state index is 13.0. The van der Waals surface area contributed by atoms with Gasteiger partial charge in [0.15, 0.2) is 10.8 Å². The highest BCUT2D eigenvalue weighted by Crippen LogP contribution is 2.41. The number of aromatic amines is 1. The second-order valence-electron chi connectivity index (χ2n) is 6.55. The van der Waals surface area contributed by atoms with Gasteiger partial charge in [-0.2, -0.15) is 5.10 Å². The molecule has 27 heavy (non-hydrogen) atoms. The number of ether oxygens (including phenoxy) is 1. The Labute approximate surface area is 169 Å². The molecular formula is C19H19BrN4O2S. The molecule has 1 saturated carbocycles. The molecule has 4 rings (SSSR count). The van der Waals surface area contributed by atoms with Crippen LogP contribution >= 0.6 is 27.3 Å². The summed E-state index contributed by atoms with van der Waals surface area (Å²) in [7, 11) is 0. The van der Waals surface area contributed by atoms with E-state index in [-0.39, 0.29) is 12.1 Å². The number of esters is 1. The van der Waals surface area contributed by atoms with Crippen molar-refractivity contribution in [3.63, 3.8) is 0 Å². The van der Waals surface area contributed by atoms with E-state index in [1.807, 2.05) is 31.2 Å². The lowest BCUT2D eigenvalue weighted by atomic mass is 9.78. The number of thiazole rings is 1. The van der Waals surface area contributed by atoms with Crippen molar-refractivity contribution >= 4 is 33.2 Å². The Balaban J connectivity index is 1.60. The van der Waals surface area contributed by atoms with Crippen LogP contribution in [-0.2, 0) is 11.2 Å². The van der Waals surface area contributed by atoms with E-state index < -0.39 is 0 Å². The minimum Gasteiger partial charge on any atom is -0.453 e. The normalized spacial score (nSPS) is 15.3. The molecule has 8 heteroatoms. The molecule has 0 aliphatic heterocycles. The lowest BCUT2D eigenvalue weighted by Gasteiger charge is -2.33. The number of hydrogen-bond acceptors (Lipinski definition) is 6. The molecule has 2 heterocycles. The van der Waals surface area contributed by atoms with E-state index in [4.69, 9.17) is 4.74 Å². The molecule has 1 aliphatic carbocycles. The van der Waals surface area contributed by atoms with Crippen LogP contribution in [0.15, 0.2) is 35.1 Å². The number of hydrogen-bond donors (Lipinski definition) is 1. The van der Waals surface area contributed by atoms with Crippen molar-refractivity contribution in [3.8, 4) is 10.8 Å². The summed E-state index contributed by atoms with van der Waals surface area (Å²) in [5.74, 6) is 0.633. The first-order valence-electron chi connectivity index (χ1n) is 8.97. The van der Waals surface area contributed by atoms with Gasteiger partial charge in [-0.25, -0.2) is 14.8 Å². The number of nitrogens with one attached hydrogen (secondary N) is 1. The standard InChI is InChI=1S/C19H19BrN4O2S/c1-2-14-16(27-18(23-14)17-21-10-22-24-17)19(25)26-15(11-4-3-5-11)12-6-8-13(20)9-7-12/h6-11,15H,2-5H2,1H3,(H,21,22,24). The maximum atomic E-state index is 13.0. The molecule has 1 aliphatic rings. The molecule has 6 nitrogen and oxygen atoms in total. The van der Waals surface area contributed by atoms with Crippen LogP contribution in [-0.4, -0.2) is 26.1 Å². The zero-order chi connectivity index (χ0) is 18.8. The first-order chi connectivity index (χ1) is 13.2. The molecule has 0 radical (unpaired) electrons. The second-order valence-corrected chi connectivity index (χ2v) is 8.47. The van der Waals surface area contributed by atoms with E-state index in [9.17, 15) is 4.79 Å². The van der Waals surface area contributed by atoms with Gasteiger partial charge in [-0.05, 0) is 37.0 Å². The van der Waals surface area contributed by atoms with Crippen LogP contribution in [0.2, 0.25) is 0 Å². The number of benzene rings is 1. The first kappa shape index (κ1) is 18.3. The first-order valence-corrected chi connectivity index (χ1v) is 10.6. The van der Waals surface area contributed by atoms with Gasteiger partial charge in [0.1, 0.15) is 17.3 Å². The van der Waals surface area contributed by atoms with Gasteiger partial charge in [-0.15, -0.1) is 11.3 Å². The fraction of sp³-hybridized carbons (Fsp3) is 0.368. The molecule has 0 bridgehead atoms. The van der Waals surface area contributed by atoms with Gasteiger partial charge < -0.3 is 4.74 Å². The van der Waals surface area contributed by atoms with E-state index in [0.29, 0.717) is 28.0 Å². The molecule has 140 valence electrons. The Kier molecular flexibility index (Phi) is 5.36. The van der Waals surface area contributed by atoms with Gasteiger partial charge in [0.2, 0.25) is 0 Å². The Morgan fingerprint density at radius 1 is 1.37 bits per heavy atom. The fourth-order valence-electron chi connectivity index (χ4n) is 3.16. The van der Waals surface area contributed by atoms with Crippen molar-refractivity contribution in [1.29, 1.82) is 0 Å². The van der Waals surface area contributed by atoms with E-state index in [1.54, 1.807) is 0 Å². The Hall–Kier alpha value is -2.06. The highest BCUT2D eigenvalue weighted by atomic mass is 79.9. The van der Waals surface area contributed by atoms with Crippen LogP contribution in [0.4, 0.5) is 0 Å². The number of aryl methyl sites for hydroxylation is 1. The van der Waals surface area contributed by atoms with Gasteiger partial charge in [0.05, 0.1) is 5.69 Å². The highest BCUT2D eigenvalue weighted by molar-refractivity contribution is 9.10. The summed E-state index contributed by atoms with van der Waals surface area (Å²) in [5.41, 5.74) is 1.77. The fourth-order valence-corrected chi connectivity index (χ4v) is 4.41. The van der Waals surface area contributed by atoms with E-state index in [1.165, 1.54) is 24.1 Å². The highest BCUT2D eigenvalue weighted by Gasteiger charge is 2.33. The van der Waals surface area contributed by atoms with Gasteiger partial charge in [0, 0.05) is 10.4 Å². The third-order valence-electron chi connectivity index (χ3n) is 4.85. The summed E-state index contributed by atoms with van der Waals surface area (Å²) in [6, 6.07) is 8.02. The lowest BCUT2D eigenvalue weighted by molar-refractivity contribution is -0.00131. The predicted octanol–water partition coefficient (Wildman–Crippen LogP) is 4.95. The van der Waals surface area contributed by atoms with Crippen LogP contribution in [0.3, 0.4) is 0 Å². The minimum atomic E-state index is -0.310. The number of halogens is 1. The maximum Gasteiger partial charge on any atom is 0.350 e. The number of carbonyl (C=O) groups excluding carboxylic acids is 1. The van der Waals surface area contributed by atoms with E-state index in [0.717, 1.165) is 28.6 Å². The van der Waals surface area contributed by atoms with Crippen molar-refractivity contribution in [2.45, 2.75) is 38.7 Å². The average molecular weight is 447 g/mol. The summed E-state index contributed by atoms with van der Waals surface area (Å²) < 4.78 is 7.02. The smallest absolute Gasteiger partial charge is 0.350 e. The zero-order valence-electron chi connectivity index (χ0n) is 14.8. The topological polar surface area (TPSA) is 80.8 Å². The van der Waals surface area contributed by atoms with Gasteiger partial charge in [0.25, 0.3) is 0 Å². The number of aromatic nitrogens is 4. The molecule has 1 unspecified atom stereocenters. The summed E-state index contributed by atoms with van der Waals surface area (Å²) in [6.45, 7) is 1.98. The van der Waals surface area contributed by atoms with Crippen molar-refractivity contribution in [3.05, 3.63) is 51.2 Å². The van der Waals surface area contributed by atoms with Gasteiger partial charge >= 0.3 is 5.97 Å². The van der Waals surface area contributed by atoms with Crippen LogP contribution in [0.1, 0.15) is 53.2 Å². The van der Waals surface area contributed by atoms with Crippen LogP contribution in [0, 0.1) is 5.92 Å². The number of carbonyl (C=O) groups is 1. The summed E-state index contributed by atoms with van der Waals surface area (Å²) >= 11 is 4.76. The molecule has 3 aromatic rings. The molecular weight excluding hydrogens is 428 g/mol. The van der Waals surface area contributed by atoms with E-state index in [2.05, 4.69) is 36.1 Å². The Morgan fingerprint density at radius 2 is 2.15 bits per heavy atom. The molecule has 1 atom stereocenters. The van der Waals surface area contributed by atoms with Crippen molar-refractivity contribution in [2.24, 2.45) is 5.92 Å². The minimum absolute atomic E-state index is 0.222. The summed E-state index contributed by atoms with van der Waals surface area (Å²) in [4.78, 5) is 22.2. The molecule has 1 fully saturated rings. The lowest BCUT2D eigenvalue weighted by Crippen LogP contribution is -2.25. The molecule has 0 saturated heterocycles. The average Bonchev–Trinajstić information content (AvgIpc) is 3.29. The Bertz CT molecular complexity index is 920. The van der Waals surface area contributed by atoms with Crippen LogP contribution < -0.4 is 0 Å². The summed E-state index contributed by atoms with van der Waals surface area (Å²) in [6.07, 6.45) is 5.22. The molecule has 0 amide bonds. The molecule has 1 aromatic carbocycles. The Morgan fingerprint density at radius 3 is 2.74 bits per heavy atom. The number of H-pyrrole nitrogens is 1. The largest absolute Gasteiger partial charge is 0.453 e. The van der Waals surface area contributed by atoms with Crippen molar-refractivity contribution in [2.75, 3.05) is 0 Å². The second kappa shape index (κ2) is 7.90. The third-order valence-corrected chi connectivity index (χ3v) is 6.46. The molecule has 0 spiro atoms. The number of nitrogens with zero attached hydrogens (tertiary/aromatic N) is 3. The van der Waals surface area contributed by atoms with Crippen molar-refractivity contribution in [1.82, 2.24) is 20.2 Å². The zero-order valence-corrected chi connectivity index (χ0v) is 17.2. The molecule has 2 aromatic heterocycles. The van der Waals surface area contributed by atoms with Crippen LogP contribution in [0.25, 0.3) is 10.8 Å². The SMILES string of the molecule is CCc1nc(-c2ncn[nH]2)sc1C(=O)OC(c1ccc(Br)cc1)C1CCC1. The summed E-state index contributed by atoms with van der Waals surface area (Å²) in [5, 5.41) is 7.30.